The largest absolute Gasteiger partial charge is 0.0991 e. The molecule has 0 aliphatic rings. The van der Waals surface area contributed by atoms with E-state index in [1.807, 2.05) is 50.3 Å². The third kappa shape index (κ3) is 6.81. The summed E-state index contributed by atoms with van der Waals surface area (Å²) in [5.74, 6) is 0. The van der Waals surface area contributed by atoms with Gasteiger partial charge < -0.3 is 0 Å². The van der Waals surface area contributed by atoms with Crippen LogP contribution < -0.4 is 0 Å². The van der Waals surface area contributed by atoms with Crippen LogP contribution in [0, 0.1) is 0 Å². The summed E-state index contributed by atoms with van der Waals surface area (Å²) >= 11 is 1.69. The van der Waals surface area contributed by atoms with Gasteiger partial charge in [-0.3, -0.25) is 0 Å². The summed E-state index contributed by atoms with van der Waals surface area (Å²) in [4.78, 5) is 2.32. The first-order chi connectivity index (χ1) is 7.28. The van der Waals surface area contributed by atoms with Gasteiger partial charge in [0.2, 0.25) is 0 Å². The van der Waals surface area contributed by atoms with E-state index in [9.17, 15) is 0 Å². The van der Waals surface area contributed by atoms with E-state index in [1.54, 1.807) is 17.8 Å². The lowest BCUT2D eigenvalue weighted by molar-refractivity contribution is 1.69. The molecular formula is C14H18S. The Kier molecular flexibility index (Phi) is 8.59. The first kappa shape index (κ1) is 13.8. The van der Waals surface area contributed by atoms with E-state index >= 15 is 0 Å². The zero-order valence-corrected chi connectivity index (χ0v) is 10.3. The van der Waals surface area contributed by atoms with Crippen LogP contribution in [0.15, 0.2) is 71.6 Å². The SMILES string of the molecule is C=C/C=C\C(=C/C)S/C(C=C)=C/C=C\C. The molecule has 0 nitrogen and oxygen atoms in total. The molecule has 0 rings (SSSR count). The van der Waals surface area contributed by atoms with Gasteiger partial charge in [-0.1, -0.05) is 61.4 Å². The summed E-state index contributed by atoms with van der Waals surface area (Å²) in [5.41, 5.74) is 0. The van der Waals surface area contributed by atoms with Crippen molar-refractivity contribution < 1.29 is 0 Å². The number of thioether (sulfide) groups is 1. The Morgan fingerprint density at radius 2 is 1.80 bits per heavy atom. The summed E-state index contributed by atoms with van der Waals surface area (Å²) in [6, 6.07) is 0. The lowest BCUT2D eigenvalue weighted by Gasteiger charge is -2.01. The van der Waals surface area contributed by atoms with Crippen molar-refractivity contribution in [1.82, 2.24) is 0 Å². The molecule has 0 aliphatic heterocycles. The highest BCUT2D eigenvalue weighted by atomic mass is 32.2. The van der Waals surface area contributed by atoms with Crippen molar-refractivity contribution in [1.29, 1.82) is 0 Å². The maximum Gasteiger partial charge on any atom is 0.0116 e. The van der Waals surface area contributed by atoms with Crippen LogP contribution in [0.3, 0.4) is 0 Å². The summed E-state index contributed by atoms with van der Waals surface area (Å²) < 4.78 is 0. The molecule has 0 bridgehead atoms. The summed E-state index contributed by atoms with van der Waals surface area (Å²) in [6.45, 7) is 11.4. The molecule has 15 heavy (non-hydrogen) atoms. The van der Waals surface area contributed by atoms with Crippen LogP contribution >= 0.6 is 11.8 Å². The molecule has 1 heteroatoms. The molecule has 0 saturated carbocycles. The molecule has 0 N–H and O–H groups in total. The molecule has 0 amide bonds. The number of hydrogen-bond acceptors (Lipinski definition) is 1. The average molecular weight is 218 g/mol. The molecule has 0 aromatic rings. The molecule has 0 fully saturated rings. The molecule has 0 heterocycles. The molecule has 0 radical (unpaired) electrons. The zero-order valence-electron chi connectivity index (χ0n) is 9.44. The van der Waals surface area contributed by atoms with Gasteiger partial charge in [0, 0.05) is 9.81 Å². The monoisotopic (exact) mass is 218 g/mol. The Morgan fingerprint density at radius 3 is 2.27 bits per heavy atom. The Balaban J connectivity index is 4.58. The Morgan fingerprint density at radius 1 is 1.07 bits per heavy atom. The maximum absolute atomic E-state index is 3.79. The highest BCUT2D eigenvalue weighted by molar-refractivity contribution is 8.07. The van der Waals surface area contributed by atoms with E-state index in [0.29, 0.717) is 0 Å². The minimum absolute atomic E-state index is 1.13. The molecule has 0 aromatic heterocycles. The molecule has 80 valence electrons. The topological polar surface area (TPSA) is 0 Å². The van der Waals surface area contributed by atoms with Crippen LogP contribution in [0.25, 0.3) is 0 Å². The van der Waals surface area contributed by atoms with Crippen LogP contribution in [0.4, 0.5) is 0 Å². The maximum atomic E-state index is 3.79. The normalized spacial score (nSPS) is 13.7. The van der Waals surface area contributed by atoms with Crippen molar-refractivity contribution in [2.24, 2.45) is 0 Å². The molecule has 0 unspecified atom stereocenters. The van der Waals surface area contributed by atoms with E-state index in [-0.39, 0.29) is 0 Å². The highest BCUT2D eigenvalue weighted by Gasteiger charge is 1.94. The van der Waals surface area contributed by atoms with Gasteiger partial charge in [-0.15, -0.1) is 0 Å². The highest BCUT2D eigenvalue weighted by Crippen LogP contribution is 2.26. The minimum Gasteiger partial charge on any atom is -0.0991 e. The molecule has 0 aromatic carbocycles. The minimum atomic E-state index is 1.13. The predicted molar refractivity (Wildman–Crippen MR) is 73.8 cm³/mol. The Hall–Kier alpha value is -1.21. The molecule has 0 aliphatic carbocycles. The average Bonchev–Trinajstić information content (AvgIpc) is 2.28. The summed E-state index contributed by atoms with van der Waals surface area (Å²) in [5, 5.41) is 0. The van der Waals surface area contributed by atoms with E-state index in [1.165, 1.54) is 4.91 Å². The van der Waals surface area contributed by atoms with Gasteiger partial charge in [0.1, 0.15) is 0 Å². The van der Waals surface area contributed by atoms with Crippen molar-refractivity contribution in [2.75, 3.05) is 0 Å². The van der Waals surface area contributed by atoms with Crippen LogP contribution in [0.2, 0.25) is 0 Å². The lowest BCUT2D eigenvalue weighted by Crippen LogP contribution is -1.72. The van der Waals surface area contributed by atoms with Crippen LogP contribution in [0.1, 0.15) is 13.8 Å². The lowest BCUT2D eigenvalue weighted by atomic mass is 10.4. The van der Waals surface area contributed by atoms with Gasteiger partial charge in [0.05, 0.1) is 0 Å². The van der Waals surface area contributed by atoms with Crippen molar-refractivity contribution in [3.05, 3.63) is 71.6 Å². The van der Waals surface area contributed by atoms with Crippen LogP contribution in [-0.2, 0) is 0 Å². The second-order valence-corrected chi connectivity index (χ2v) is 3.83. The molecule has 0 atom stereocenters. The second kappa shape index (κ2) is 9.35. The zero-order chi connectivity index (χ0) is 11.5. The number of hydrogen-bond donors (Lipinski definition) is 0. The van der Waals surface area contributed by atoms with E-state index in [0.717, 1.165) is 4.91 Å². The third-order valence-electron chi connectivity index (χ3n) is 1.57. The molecule has 0 spiro atoms. The standard InChI is InChI=1S/C14H18S/c1-5-9-11-13(7-3)15-14(8-4)12-10-6-2/h5-12H,1,4H2,2-3H3/b10-6-,11-9-,13-7+,14-12+. The van der Waals surface area contributed by atoms with Gasteiger partial charge >= 0.3 is 0 Å². The van der Waals surface area contributed by atoms with Crippen molar-refractivity contribution in [3.8, 4) is 0 Å². The van der Waals surface area contributed by atoms with Crippen molar-refractivity contribution >= 4 is 11.8 Å². The fourth-order valence-electron chi connectivity index (χ4n) is 0.823. The van der Waals surface area contributed by atoms with E-state index in [4.69, 9.17) is 0 Å². The Bertz CT molecular complexity index is 314. The van der Waals surface area contributed by atoms with Crippen LogP contribution in [0.5, 0.6) is 0 Å². The number of allylic oxidation sites excluding steroid dienone is 8. The van der Waals surface area contributed by atoms with Gasteiger partial charge in [0.25, 0.3) is 0 Å². The fraction of sp³-hybridized carbons (Fsp3) is 0.143. The summed E-state index contributed by atoms with van der Waals surface area (Å²) in [7, 11) is 0. The first-order valence-electron chi connectivity index (χ1n) is 4.87. The quantitative estimate of drug-likeness (QED) is 0.565. The second-order valence-electron chi connectivity index (χ2n) is 2.69. The molecular weight excluding hydrogens is 200 g/mol. The van der Waals surface area contributed by atoms with Gasteiger partial charge in [-0.25, -0.2) is 0 Å². The summed E-state index contributed by atoms with van der Waals surface area (Å²) in [6.07, 6.45) is 15.7. The van der Waals surface area contributed by atoms with E-state index in [2.05, 4.69) is 19.2 Å². The third-order valence-corrected chi connectivity index (χ3v) is 2.72. The first-order valence-corrected chi connectivity index (χ1v) is 5.68. The van der Waals surface area contributed by atoms with Crippen LogP contribution in [-0.4, -0.2) is 0 Å². The predicted octanol–water partition coefficient (Wildman–Crippen LogP) is 5.01. The van der Waals surface area contributed by atoms with Crippen molar-refractivity contribution in [3.63, 3.8) is 0 Å². The van der Waals surface area contributed by atoms with Gasteiger partial charge in [-0.2, -0.15) is 0 Å². The molecule has 0 saturated heterocycles. The smallest absolute Gasteiger partial charge is 0.0116 e. The van der Waals surface area contributed by atoms with Gasteiger partial charge in [-0.05, 0) is 26.0 Å². The van der Waals surface area contributed by atoms with Crippen molar-refractivity contribution in [2.45, 2.75) is 13.8 Å². The number of rotatable bonds is 6. The fourth-order valence-corrected chi connectivity index (χ4v) is 1.59. The van der Waals surface area contributed by atoms with E-state index < -0.39 is 0 Å². The van der Waals surface area contributed by atoms with Gasteiger partial charge in [0.15, 0.2) is 0 Å². The Labute approximate surface area is 97.5 Å².